The first-order valence-electron chi connectivity index (χ1n) is 10.7. The smallest absolute Gasteiger partial charge is 0.251 e. The van der Waals surface area contributed by atoms with Crippen LogP contribution in [0.3, 0.4) is 0 Å². The van der Waals surface area contributed by atoms with Gasteiger partial charge in [-0.3, -0.25) is 9.48 Å². The molecule has 0 radical (unpaired) electrons. The topological polar surface area (TPSA) is 64.7 Å². The highest BCUT2D eigenvalue weighted by atomic mass is 19.1. The summed E-state index contributed by atoms with van der Waals surface area (Å²) in [5.74, 6) is -0.510. The van der Waals surface area contributed by atoms with Gasteiger partial charge in [-0.05, 0) is 53.6 Å². The summed E-state index contributed by atoms with van der Waals surface area (Å²) in [5, 5.41) is 7.32. The zero-order valence-corrected chi connectivity index (χ0v) is 17.8. The molecule has 7 heteroatoms. The number of nitrogens with one attached hydrogen (secondary N) is 1. The van der Waals surface area contributed by atoms with Crippen molar-refractivity contribution in [3.8, 4) is 0 Å². The van der Waals surface area contributed by atoms with E-state index in [1.54, 1.807) is 24.7 Å². The number of imidazole rings is 1. The van der Waals surface area contributed by atoms with Crippen molar-refractivity contribution in [2.75, 3.05) is 0 Å². The second kappa shape index (κ2) is 9.08. The lowest BCUT2D eigenvalue weighted by Gasteiger charge is -2.20. The first-order chi connectivity index (χ1) is 16.2. The van der Waals surface area contributed by atoms with Crippen LogP contribution in [-0.2, 0) is 13.1 Å². The Kier molecular flexibility index (Phi) is 5.68. The third kappa shape index (κ3) is 4.67. The number of fused-ring (bicyclic) bond motifs is 1. The van der Waals surface area contributed by atoms with Crippen molar-refractivity contribution < 1.29 is 9.18 Å². The Bertz CT molecular complexity index is 1360. The molecule has 164 valence electrons. The zero-order valence-electron chi connectivity index (χ0n) is 17.8. The summed E-state index contributed by atoms with van der Waals surface area (Å²) in [6, 6.07) is 23.0. The van der Waals surface area contributed by atoms with E-state index in [2.05, 4.69) is 15.4 Å². The molecule has 0 spiro atoms. The van der Waals surface area contributed by atoms with Crippen LogP contribution >= 0.6 is 0 Å². The maximum absolute atomic E-state index is 13.5. The highest BCUT2D eigenvalue weighted by Crippen LogP contribution is 2.20. The van der Waals surface area contributed by atoms with Gasteiger partial charge >= 0.3 is 0 Å². The number of benzene rings is 3. The van der Waals surface area contributed by atoms with Crippen molar-refractivity contribution in [3.63, 3.8) is 0 Å². The number of carbonyl (C=O) groups is 1. The second-order valence-electron chi connectivity index (χ2n) is 7.86. The fourth-order valence-corrected chi connectivity index (χ4v) is 3.87. The number of hydrogen-bond donors (Lipinski definition) is 1. The molecule has 1 amide bonds. The maximum Gasteiger partial charge on any atom is 0.251 e. The lowest BCUT2D eigenvalue weighted by Crippen LogP contribution is -2.31. The molecule has 1 N–H and O–H groups in total. The van der Waals surface area contributed by atoms with Gasteiger partial charge in [0.15, 0.2) is 0 Å². The Morgan fingerprint density at radius 2 is 1.76 bits per heavy atom. The van der Waals surface area contributed by atoms with Gasteiger partial charge in [-0.25, -0.2) is 9.37 Å². The van der Waals surface area contributed by atoms with Crippen molar-refractivity contribution in [1.82, 2.24) is 24.6 Å². The Morgan fingerprint density at radius 1 is 0.970 bits per heavy atom. The van der Waals surface area contributed by atoms with Gasteiger partial charge in [0.2, 0.25) is 0 Å². The van der Waals surface area contributed by atoms with Gasteiger partial charge in [0.05, 0.1) is 29.9 Å². The molecule has 0 saturated heterocycles. The van der Waals surface area contributed by atoms with Crippen molar-refractivity contribution in [1.29, 1.82) is 0 Å². The molecule has 5 rings (SSSR count). The van der Waals surface area contributed by atoms with E-state index < -0.39 is 0 Å². The minimum absolute atomic E-state index is 0.195. The highest BCUT2D eigenvalue weighted by molar-refractivity contribution is 5.94. The number of halogens is 1. The van der Waals surface area contributed by atoms with Crippen molar-refractivity contribution in [3.05, 3.63) is 120 Å². The predicted octanol–water partition coefficient (Wildman–Crippen LogP) is 4.59. The third-order valence-corrected chi connectivity index (χ3v) is 5.60. The number of rotatable bonds is 7. The maximum atomic E-state index is 13.5. The molecule has 2 aromatic heterocycles. The molecule has 0 unspecified atom stereocenters. The van der Waals surface area contributed by atoms with Crippen LogP contribution in [0.4, 0.5) is 4.39 Å². The molecule has 33 heavy (non-hydrogen) atoms. The van der Waals surface area contributed by atoms with Crippen LogP contribution in [0.5, 0.6) is 0 Å². The van der Waals surface area contributed by atoms with E-state index in [-0.39, 0.29) is 17.8 Å². The summed E-state index contributed by atoms with van der Waals surface area (Å²) >= 11 is 0. The summed E-state index contributed by atoms with van der Waals surface area (Å²) in [4.78, 5) is 17.5. The van der Waals surface area contributed by atoms with Gasteiger partial charge in [-0.1, -0.05) is 36.4 Å². The van der Waals surface area contributed by atoms with Gasteiger partial charge < -0.3 is 9.88 Å². The SMILES string of the molecule is O=C(N[C@@H](Cn1cnc2ccccc21)c1ccc(F)cc1)c1ccc(Cn2cccn2)cc1. The summed E-state index contributed by atoms with van der Waals surface area (Å²) in [6.07, 6.45) is 5.39. The molecule has 1 atom stereocenters. The summed E-state index contributed by atoms with van der Waals surface area (Å²) in [7, 11) is 0. The Balaban J connectivity index is 1.37. The van der Waals surface area contributed by atoms with E-state index in [0.717, 1.165) is 22.2 Å². The normalized spacial score (nSPS) is 12.0. The number of para-hydroxylation sites is 2. The molecule has 0 aliphatic carbocycles. The van der Waals surface area contributed by atoms with E-state index in [1.807, 2.05) is 70.0 Å². The van der Waals surface area contributed by atoms with Crippen LogP contribution in [0.15, 0.2) is 97.6 Å². The second-order valence-corrected chi connectivity index (χ2v) is 7.86. The van der Waals surface area contributed by atoms with Crippen LogP contribution in [-0.4, -0.2) is 25.2 Å². The van der Waals surface area contributed by atoms with Crippen molar-refractivity contribution >= 4 is 16.9 Å². The first kappa shape index (κ1) is 20.6. The lowest BCUT2D eigenvalue weighted by molar-refractivity contribution is 0.0933. The fourth-order valence-electron chi connectivity index (χ4n) is 3.87. The van der Waals surface area contributed by atoms with E-state index in [0.29, 0.717) is 18.7 Å². The van der Waals surface area contributed by atoms with Gasteiger partial charge in [0, 0.05) is 24.5 Å². The average molecular weight is 439 g/mol. The Hall–Kier alpha value is -4.26. The lowest BCUT2D eigenvalue weighted by atomic mass is 10.1. The molecule has 3 aromatic carbocycles. The molecular formula is C26H22FN5O. The van der Waals surface area contributed by atoms with Gasteiger partial charge in [0.25, 0.3) is 5.91 Å². The van der Waals surface area contributed by atoms with Crippen LogP contribution in [0.2, 0.25) is 0 Å². The molecule has 6 nitrogen and oxygen atoms in total. The predicted molar refractivity (Wildman–Crippen MR) is 124 cm³/mol. The van der Waals surface area contributed by atoms with Gasteiger partial charge in [-0.15, -0.1) is 0 Å². The summed E-state index contributed by atoms with van der Waals surface area (Å²) in [5.41, 5.74) is 4.28. The average Bonchev–Trinajstić information content (AvgIpc) is 3.50. The van der Waals surface area contributed by atoms with Gasteiger partial charge in [-0.2, -0.15) is 5.10 Å². The van der Waals surface area contributed by atoms with Crippen molar-refractivity contribution in [2.24, 2.45) is 0 Å². The minimum Gasteiger partial charge on any atom is -0.343 e. The molecule has 2 heterocycles. The molecule has 5 aromatic rings. The van der Waals surface area contributed by atoms with Crippen LogP contribution < -0.4 is 5.32 Å². The summed E-state index contributed by atoms with van der Waals surface area (Å²) < 4.78 is 17.4. The van der Waals surface area contributed by atoms with Crippen molar-refractivity contribution in [2.45, 2.75) is 19.1 Å². The third-order valence-electron chi connectivity index (χ3n) is 5.60. The van der Waals surface area contributed by atoms with Gasteiger partial charge in [0.1, 0.15) is 5.82 Å². The molecule has 0 aliphatic rings. The van der Waals surface area contributed by atoms with Crippen LogP contribution in [0.25, 0.3) is 11.0 Å². The minimum atomic E-state index is -0.362. The Labute approximate surface area is 190 Å². The molecule has 0 aliphatic heterocycles. The molecule has 0 bridgehead atoms. The molecule has 0 saturated carbocycles. The van der Waals surface area contributed by atoms with E-state index in [4.69, 9.17) is 0 Å². The number of carbonyl (C=O) groups excluding carboxylic acids is 1. The standard InChI is InChI=1S/C26H22FN5O/c27-22-12-10-20(11-13-22)24(17-31-18-28-23-4-1-2-5-25(23)31)30-26(33)21-8-6-19(7-9-21)16-32-15-3-14-29-32/h1-15,18,24H,16-17H2,(H,30,33)/t24-/m0/s1. The number of aromatic nitrogens is 4. The number of nitrogens with zero attached hydrogens (tertiary/aromatic N) is 4. The van der Waals surface area contributed by atoms with Crippen LogP contribution in [0.1, 0.15) is 27.5 Å². The quantitative estimate of drug-likeness (QED) is 0.403. The summed E-state index contributed by atoms with van der Waals surface area (Å²) in [6.45, 7) is 1.11. The number of amides is 1. The molecular weight excluding hydrogens is 417 g/mol. The van der Waals surface area contributed by atoms with E-state index >= 15 is 0 Å². The molecule has 0 fully saturated rings. The van der Waals surface area contributed by atoms with E-state index in [1.165, 1.54) is 12.1 Å². The Morgan fingerprint density at radius 3 is 2.52 bits per heavy atom. The first-order valence-corrected chi connectivity index (χ1v) is 10.7. The fraction of sp³-hybridized carbons (Fsp3) is 0.115. The largest absolute Gasteiger partial charge is 0.343 e. The zero-order chi connectivity index (χ0) is 22.6. The number of hydrogen-bond acceptors (Lipinski definition) is 3. The monoisotopic (exact) mass is 439 g/mol. The highest BCUT2D eigenvalue weighted by Gasteiger charge is 2.18. The van der Waals surface area contributed by atoms with E-state index in [9.17, 15) is 9.18 Å². The van der Waals surface area contributed by atoms with Crippen LogP contribution in [0, 0.1) is 5.82 Å².